The van der Waals surface area contributed by atoms with Gasteiger partial charge >= 0.3 is 6.03 Å². The molecule has 3 saturated heterocycles. The van der Waals surface area contributed by atoms with E-state index in [0.29, 0.717) is 19.5 Å². The van der Waals surface area contributed by atoms with E-state index in [1.54, 1.807) is 16.8 Å². The molecule has 0 saturated carbocycles. The third-order valence-electron chi connectivity index (χ3n) is 4.91. The number of nitrogens with zero attached hydrogens (tertiary/aromatic N) is 2. The topological polar surface area (TPSA) is 81.8 Å². The molecule has 0 aliphatic carbocycles. The standard InChI is InChI=1S/C14H22N4O3/c1-17-10-2-3-11(18(8-10)14(17)21)13(20)16-7-12(19)9-4-5-15-6-9/h9-11,15H,2-8H2,1H3,(H,16,20)/t9-,10-,11+/m1/s1. The maximum absolute atomic E-state index is 12.3. The number of ketones is 1. The Morgan fingerprint density at radius 2 is 2.14 bits per heavy atom. The Hall–Kier alpha value is -1.63. The van der Waals surface area contributed by atoms with E-state index in [2.05, 4.69) is 10.6 Å². The Morgan fingerprint density at radius 3 is 2.86 bits per heavy atom. The smallest absolute Gasteiger partial charge is 0.320 e. The molecule has 7 heteroatoms. The number of Topliss-reactive ketones (excluding diaryl/α,β-unsaturated/α-hetero) is 1. The van der Waals surface area contributed by atoms with Crippen molar-refractivity contribution in [1.29, 1.82) is 0 Å². The number of fused-ring (bicyclic) bond motifs is 2. The minimum atomic E-state index is -0.423. The highest BCUT2D eigenvalue weighted by molar-refractivity contribution is 5.92. The Bertz CT molecular complexity index is 461. The van der Waals surface area contributed by atoms with Crippen LogP contribution in [0.15, 0.2) is 0 Å². The molecule has 3 aliphatic rings. The summed E-state index contributed by atoms with van der Waals surface area (Å²) >= 11 is 0. The second-order valence-electron chi connectivity index (χ2n) is 6.17. The molecule has 0 aromatic carbocycles. The number of amides is 3. The summed E-state index contributed by atoms with van der Waals surface area (Å²) in [4.78, 5) is 39.6. The summed E-state index contributed by atoms with van der Waals surface area (Å²) in [6, 6.07) is -0.273. The summed E-state index contributed by atoms with van der Waals surface area (Å²) in [7, 11) is 1.78. The number of hydrogen-bond donors (Lipinski definition) is 2. The first-order valence-electron chi connectivity index (χ1n) is 7.62. The molecule has 2 bridgehead atoms. The zero-order valence-corrected chi connectivity index (χ0v) is 12.3. The molecule has 3 heterocycles. The Balaban J connectivity index is 1.53. The van der Waals surface area contributed by atoms with Crippen molar-refractivity contribution in [3.8, 4) is 0 Å². The molecule has 7 nitrogen and oxygen atoms in total. The van der Waals surface area contributed by atoms with Crippen molar-refractivity contribution in [1.82, 2.24) is 20.4 Å². The first kappa shape index (κ1) is 14.3. The minimum absolute atomic E-state index is 0.0144. The fourth-order valence-corrected chi connectivity index (χ4v) is 3.48. The first-order valence-corrected chi connectivity index (χ1v) is 7.62. The number of hydrogen-bond acceptors (Lipinski definition) is 4. The van der Waals surface area contributed by atoms with Crippen LogP contribution in [0.4, 0.5) is 4.79 Å². The second-order valence-corrected chi connectivity index (χ2v) is 6.17. The molecule has 3 atom stereocenters. The van der Waals surface area contributed by atoms with Crippen molar-refractivity contribution in [3.05, 3.63) is 0 Å². The van der Waals surface area contributed by atoms with Gasteiger partial charge in [-0.25, -0.2) is 4.79 Å². The van der Waals surface area contributed by atoms with E-state index in [-0.39, 0.29) is 36.2 Å². The van der Waals surface area contributed by atoms with Crippen molar-refractivity contribution >= 4 is 17.7 Å². The highest BCUT2D eigenvalue weighted by Gasteiger charge is 2.45. The Labute approximate surface area is 124 Å². The number of piperidine rings is 1. The Morgan fingerprint density at radius 1 is 1.33 bits per heavy atom. The van der Waals surface area contributed by atoms with Gasteiger partial charge in [-0.3, -0.25) is 9.59 Å². The van der Waals surface area contributed by atoms with Crippen molar-refractivity contribution in [2.24, 2.45) is 5.92 Å². The van der Waals surface area contributed by atoms with Crippen molar-refractivity contribution in [2.75, 3.05) is 33.2 Å². The van der Waals surface area contributed by atoms with Crippen LogP contribution in [0.25, 0.3) is 0 Å². The largest absolute Gasteiger partial charge is 0.347 e. The van der Waals surface area contributed by atoms with Gasteiger partial charge in [-0.15, -0.1) is 0 Å². The van der Waals surface area contributed by atoms with Crippen LogP contribution in [0.5, 0.6) is 0 Å². The lowest BCUT2D eigenvalue weighted by Crippen LogP contribution is -2.51. The van der Waals surface area contributed by atoms with Gasteiger partial charge in [0.25, 0.3) is 0 Å². The lowest BCUT2D eigenvalue weighted by molar-refractivity contribution is -0.129. The molecule has 0 radical (unpaired) electrons. The quantitative estimate of drug-likeness (QED) is 0.710. The normalized spacial score (nSPS) is 31.7. The van der Waals surface area contributed by atoms with Crippen LogP contribution in [0.1, 0.15) is 19.3 Å². The molecule has 3 rings (SSSR count). The molecule has 3 fully saturated rings. The highest BCUT2D eigenvalue weighted by Crippen LogP contribution is 2.28. The summed E-state index contributed by atoms with van der Waals surface area (Å²) in [5.74, 6) is -0.108. The van der Waals surface area contributed by atoms with Crippen LogP contribution in [-0.4, -0.2) is 72.8 Å². The maximum Gasteiger partial charge on any atom is 0.320 e. The van der Waals surface area contributed by atoms with Gasteiger partial charge in [0, 0.05) is 26.1 Å². The van der Waals surface area contributed by atoms with E-state index >= 15 is 0 Å². The number of carbonyl (C=O) groups is 3. The van der Waals surface area contributed by atoms with Gasteiger partial charge < -0.3 is 20.4 Å². The predicted octanol–water partition coefficient (Wildman–Crippen LogP) is -0.820. The van der Waals surface area contributed by atoms with Gasteiger partial charge in [-0.05, 0) is 25.8 Å². The molecule has 3 aliphatic heterocycles. The van der Waals surface area contributed by atoms with Crippen LogP contribution in [0, 0.1) is 5.92 Å². The summed E-state index contributed by atoms with van der Waals surface area (Å²) in [6.45, 7) is 2.26. The average molecular weight is 294 g/mol. The lowest BCUT2D eigenvalue weighted by Gasteiger charge is -2.29. The Kier molecular flexibility index (Phi) is 3.84. The van der Waals surface area contributed by atoms with Gasteiger partial charge in [0.15, 0.2) is 5.78 Å². The van der Waals surface area contributed by atoms with Crippen molar-refractivity contribution in [3.63, 3.8) is 0 Å². The number of carbonyl (C=O) groups excluding carboxylic acids is 3. The average Bonchev–Trinajstić information content (AvgIpc) is 3.10. The van der Waals surface area contributed by atoms with Crippen LogP contribution in [0.3, 0.4) is 0 Å². The molecule has 0 spiro atoms. The van der Waals surface area contributed by atoms with Crippen LogP contribution < -0.4 is 10.6 Å². The fraction of sp³-hybridized carbons (Fsp3) is 0.786. The first-order chi connectivity index (χ1) is 10.1. The van der Waals surface area contributed by atoms with Gasteiger partial charge in [0.1, 0.15) is 6.04 Å². The molecule has 3 amide bonds. The van der Waals surface area contributed by atoms with E-state index in [9.17, 15) is 14.4 Å². The summed E-state index contributed by atoms with van der Waals surface area (Å²) < 4.78 is 0. The van der Waals surface area contributed by atoms with Crippen molar-refractivity contribution < 1.29 is 14.4 Å². The molecule has 116 valence electrons. The third kappa shape index (κ3) is 2.62. The molecule has 0 unspecified atom stereocenters. The molecule has 2 N–H and O–H groups in total. The summed E-state index contributed by atoms with van der Waals surface area (Å²) in [5.41, 5.74) is 0. The molecule has 0 aromatic rings. The lowest BCUT2D eigenvalue weighted by atomic mass is 9.99. The van der Waals surface area contributed by atoms with E-state index in [1.807, 2.05) is 0 Å². The van der Waals surface area contributed by atoms with Crippen LogP contribution >= 0.6 is 0 Å². The van der Waals surface area contributed by atoms with Crippen molar-refractivity contribution in [2.45, 2.75) is 31.3 Å². The molecule has 0 aromatic heterocycles. The highest BCUT2D eigenvalue weighted by atomic mass is 16.2. The molecular formula is C14H22N4O3. The fourth-order valence-electron chi connectivity index (χ4n) is 3.48. The maximum atomic E-state index is 12.3. The number of likely N-dealkylation sites (N-methyl/N-ethyl adjacent to an activating group) is 1. The summed E-state index contributed by atoms with van der Waals surface area (Å²) in [5, 5.41) is 5.86. The zero-order chi connectivity index (χ0) is 15.0. The summed E-state index contributed by atoms with van der Waals surface area (Å²) in [6.07, 6.45) is 2.36. The van der Waals surface area contributed by atoms with E-state index in [0.717, 1.165) is 19.4 Å². The van der Waals surface area contributed by atoms with E-state index in [1.165, 1.54) is 0 Å². The van der Waals surface area contributed by atoms with Gasteiger partial charge in [0.05, 0.1) is 12.6 Å². The van der Waals surface area contributed by atoms with E-state index in [4.69, 9.17) is 0 Å². The molecule has 21 heavy (non-hydrogen) atoms. The van der Waals surface area contributed by atoms with Gasteiger partial charge in [0.2, 0.25) is 5.91 Å². The minimum Gasteiger partial charge on any atom is -0.347 e. The predicted molar refractivity (Wildman–Crippen MR) is 75.7 cm³/mol. The van der Waals surface area contributed by atoms with E-state index < -0.39 is 6.04 Å². The van der Waals surface area contributed by atoms with Gasteiger partial charge in [-0.1, -0.05) is 0 Å². The monoisotopic (exact) mass is 294 g/mol. The number of rotatable bonds is 4. The number of urea groups is 1. The number of nitrogens with one attached hydrogen (secondary N) is 2. The second kappa shape index (κ2) is 5.63. The SMILES string of the molecule is CN1C(=O)N2C[C@H]1CC[C@H]2C(=O)NCC(=O)[C@@H]1CCNC1. The van der Waals surface area contributed by atoms with Gasteiger partial charge in [-0.2, -0.15) is 0 Å². The van der Waals surface area contributed by atoms with Crippen LogP contribution in [0.2, 0.25) is 0 Å². The van der Waals surface area contributed by atoms with Crippen LogP contribution in [-0.2, 0) is 9.59 Å². The third-order valence-corrected chi connectivity index (χ3v) is 4.91. The zero-order valence-electron chi connectivity index (χ0n) is 12.3. The molecular weight excluding hydrogens is 272 g/mol.